The van der Waals surface area contributed by atoms with Gasteiger partial charge in [0.2, 0.25) is 0 Å². The first-order valence-corrected chi connectivity index (χ1v) is 9.60. The summed E-state index contributed by atoms with van der Waals surface area (Å²) in [6, 6.07) is 13.8. The van der Waals surface area contributed by atoms with Gasteiger partial charge < -0.3 is 4.90 Å². The van der Waals surface area contributed by atoms with Crippen LogP contribution in [0.25, 0.3) is 22.2 Å². The third kappa shape index (κ3) is 3.29. The van der Waals surface area contributed by atoms with E-state index < -0.39 is 0 Å². The van der Waals surface area contributed by atoms with Crippen LogP contribution in [-0.2, 0) is 0 Å². The van der Waals surface area contributed by atoms with E-state index in [1.54, 1.807) is 12.1 Å². The monoisotopic (exact) mass is 376 g/mol. The van der Waals surface area contributed by atoms with Crippen molar-refractivity contribution in [3.05, 3.63) is 58.1 Å². The Hall–Kier alpha value is -2.48. The van der Waals surface area contributed by atoms with Gasteiger partial charge in [0.25, 0.3) is 0 Å². The Kier molecular flexibility index (Phi) is 4.82. The van der Waals surface area contributed by atoms with Gasteiger partial charge in [0.15, 0.2) is 0 Å². The highest BCUT2D eigenvalue weighted by Gasteiger charge is 2.22. The molecule has 1 aliphatic heterocycles. The van der Waals surface area contributed by atoms with Crippen LogP contribution in [0, 0.1) is 18.3 Å². The maximum Gasteiger partial charge on any atom is 0.0992 e. The number of rotatable bonds is 2. The number of halogens is 1. The number of benzene rings is 2. The maximum absolute atomic E-state index is 9.05. The predicted octanol–water partition coefficient (Wildman–Crippen LogP) is 4.94. The molecular weight excluding hydrogens is 356 g/mol. The standard InChI is InChI=1S/C22H21ClN4/c1-14-17-6-3-7-18(16-5-4-10-27(2)13-16)22(17)26-25-21(14)19-9-8-15(12-24)11-20(19)23/h3,6-9,11,16H,4-5,10,13H2,1-2H3/t16-/m1/s1. The van der Waals surface area contributed by atoms with E-state index in [4.69, 9.17) is 16.9 Å². The van der Waals surface area contributed by atoms with Crippen molar-refractivity contribution in [2.75, 3.05) is 20.1 Å². The van der Waals surface area contributed by atoms with Crippen molar-refractivity contribution < 1.29 is 0 Å². The normalized spacial score (nSPS) is 17.8. The van der Waals surface area contributed by atoms with Crippen LogP contribution in [0.4, 0.5) is 0 Å². The molecule has 1 saturated heterocycles. The smallest absolute Gasteiger partial charge is 0.0992 e. The van der Waals surface area contributed by atoms with Gasteiger partial charge in [-0.1, -0.05) is 29.8 Å². The maximum atomic E-state index is 9.05. The highest BCUT2D eigenvalue weighted by Crippen LogP contribution is 2.35. The molecular formula is C22H21ClN4. The van der Waals surface area contributed by atoms with Gasteiger partial charge in [-0.05, 0) is 68.6 Å². The molecule has 3 aromatic rings. The number of likely N-dealkylation sites (tertiary alicyclic amines) is 1. The second-order valence-electron chi connectivity index (χ2n) is 7.32. The molecule has 0 N–H and O–H groups in total. The summed E-state index contributed by atoms with van der Waals surface area (Å²) in [7, 11) is 2.18. The van der Waals surface area contributed by atoms with Gasteiger partial charge in [-0.2, -0.15) is 5.26 Å². The van der Waals surface area contributed by atoms with Crippen LogP contribution in [-0.4, -0.2) is 35.2 Å². The molecule has 0 unspecified atom stereocenters. The molecule has 0 spiro atoms. The number of hydrogen-bond donors (Lipinski definition) is 0. The number of hydrogen-bond acceptors (Lipinski definition) is 4. The number of likely N-dealkylation sites (N-methyl/N-ethyl adjacent to an activating group) is 1. The van der Waals surface area contributed by atoms with E-state index in [-0.39, 0.29) is 0 Å². The van der Waals surface area contributed by atoms with Gasteiger partial charge in [-0.15, -0.1) is 10.2 Å². The fraction of sp³-hybridized carbons (Fsp3) is 0.318. The first-order chi connectivity index (χ1) is 13.1. The fourth-order valence-electron chi connectivity index (χ4n) is 4.06. The lowest BCUT2D eigenvalue weighted by molar-refractivity contribution is 0.251. The average molecular weight is 377 g/mol. The number of piperidine rings is 1. The van der Waals surface area contributed by atoms with Crippen LogP contribution in [0.5, 0.6) is 0 Å². The summed E-state index contributed by atoms with van der Waals surface area (Å²) in [6.07, 6.45) is 2.40. The Morgan fingerprint density at radius 3 is 2.81 bits per heavy atom. The van der Waals surface area contributed by atoms with E-state index in [9.17, 15) is 0 Å². The number of nitrogens with zero attached hydrogens (tertiary/aromatic N) is 4. The molecule has 1 aromatic heterocycles. The lowest BCUT2D eigenvalue weighted by Crippen LogP contribution is -2.31. The number of aryl methyl sites for hydroxylation is 1. The number of fused-ring (bicyclic) bond motifs is 1. The first-order valence-electron chi connectivity index (χ1n) is 9.23. The molecule has 0 saturated carbocycles. The zero-order valence-electron chi connectivity index (χ0n) is 15.5. The van der Waals surface area contributed by atoms with Crippen LogP contribution >= 0.6 is 11.6 Å². The summed E-state index contributed by atoms with van der Waals surface area (Å²) in [5, 5.41) is 19.8. The lowest BCUT2D eigenvalue weighted by Gasteiger charge is -2.30. The lowest BCUT2D eigenvalue weighted by atomic mass is 9.88. The van der Waals surface area contributed by atoms with Crippen molar-refractivity contribution in [2.24, 2.45) is 0 Å². The van der Waals surface area contributed by atoms with Crippen LogP contribution in [0.1, 0.15) is 35.4 Å². The molecule has 2 heterocycles. The second-order valence-corrected chi connectivity index (χ2v) is 7.73. The summed E-state index contributed by atoms with van der Waals surface area (Å²) in [4.78, 5) is 2.39. The van der Waals surface area contributed by atoms with Crippen LogP contribution in [0.3, 0.4) is 0 Å². The molecule has 1 fully saturated rings. The minimum atomic E-state index is 0.491. The van der Waals surface area contributed by atoms with Crippen molar-refractivity contribution in [1.82, 2.24) is 15.1 Å². The highest BCUT2D eigenvalue weighted by molar-refractivity contribution is 6.33. The molecule has 0 bridgehead atoms. The zero-order chi connectivity index (χ0) is 19.0. The first kappa shape index (κ1) is 17.9. The second kappa shape index (κ2) is 7.26. The van der Waals surface area contributed by atoms with Crippen LogP contribution in [0.15, 0.2) is 36.4 Å². The zero-order valence-corrected chi connectivity index (χ0v) is 16.3. The van der Waals surface area contributed by atoms with Gasteiger partial charge in [0, 0.05) is 17.5 Å². The van der Waals surface area contributed by atoms with E-state index in [0.29, 0.717) is 16.5 Å². The summed E-state index contributed by atoms with van der Waals surface area (Å²) in [6.45, 7) is 4.29. The van der Waals surface area contributed by atoms with Crippen molar-refractivity contribution in [1.29, 1.82) is 5.26 Å². The third-order valence-corrected chi connectivity index (χ3v) is 5.81. The largest absolute Gasteiger partial charge is 0.306 e. The molecule has 4 nitrogen and oxygen atoms in total. The Bertz CT molecular complexity index is 1050. The van der Waals surface area contributed by atoms with Gasteiger partial charge in [0.05, 0.1) is 27.9 Å². The van der Waals surface area contributed by atoms with Crippen LogP contribution < -0.4 is 0 Å². The Morgan fingerprint density at radius 1 is 1.22 bits per heavy atom. The molecule has 0 aliphatic carbocycles. The molecule has 1 atom stereocenters. The topological polar surface area (TPSA) is 52.8 Å². The van der Waals surface area contributed by atoms with Crippen molar-refractivity contribution >= 4 is 22.5 Å². The molecule has 4 rings (SSSR count). The summed E-state index contributed by atoms with van der Waals surface area (Å²) in [5.74, 6) is 0.491. The van der Waals surface area contributed by atoms with Crippen molar-refractivity contribution in [2.45, 2.75) is 25.7 Å². The summed E-state index contributed by atoms with van der Waals surface area (Å²) in [5.41, 5.74) is 5.47. The average Bonchev–Trinajstić information content (AvgIpc) is 2.68. The van der Waals surface area contributed by atoms with E-state index in [1.165, 1.54) is 18.4 Å². The number of nitriles is 1. The molecule has 27 heavy (non-hydrogen) atoms. The summed E-state index contributed by atoms with van der Waals surface area (Å²) < 4.78 is 0. The SMILES string of the molecule is Cc1c(-c2ccc(C#N)cc2Cl)nnc2c([C@@H]3CCCN(C)C3)cccc12. The quantitative estimate of drug-likeness (QED) is 0.635. The predicted molar refractivity (Wildman–Crippen MR) is 109 cm³/mol. The Balaban J connectivity index is 1.83. The van der Waals surface area contributed by atoms with Gasteiger partial charge in [-0.3, -0.25) is 0 Å². The molecule has 5 heteroatoms. The minimum absolute atomic E-state index is 0.491. The Morgan fingerprint density at radius 2 is 2.07 bits per heavy atom. The fourth-order valence-corrected chi connectivity index (χ4v) is 4.33. The minimum Gasteiger partial charge on any atom is -0.306 e. The van der Waals surface area contributed by atoms with Crippen LogP contribution in [0.2, 0.25) is 5.02 Å². The molecule has 1 aliphatic rings. The number of aromatic nitrogens is 2. The van der Waals surface area contributed by atoms with E-state index in [1.807, 2.05) is 6.07 Å². The van der Waals surface area contributed by atoms with Crippen molar-refractivity contribution in [3.63, 3.8) is 0 Å². The van der Waals surface area contributed by atoms with E-state index >= 15 is 0 Å². The molecule has 136 valence electrons. The summed E-state index contributed by atoms with van der Waals surface area (Å²) >= 11 is 6.41. The molecule has 0 radical (unpaired) electrons. The van der Waals surface area contributed by atoms with Gasteiger partial charge in [0.1, 0.15) is 0 Å². The third-order valence-electron chi connectivity index (χ3n) is 5.49. The van der Waals surface area contributed by atoms with E-state index in [0.717, 1.165) is 40.8 Å². The van der Waals surface area contributed by atoms with Crippen molar-refractivity contribution in [3.8, 4) is 17.3 Å². The highest BCUT2D eigenvalue weighted by atomic mass is 35.5. The van der Waals surface area contributed by atoms with Gasteiger partial charge in [-0.25, -0.2) is 0 Å². The molecule has 0 amide bonds. The van der Waals surface area contributed by atoms with Gasteiger partial charge >= 0.3 is 0 Å². The molecule has 2 aromatic carbocycles. The Labute approximate surface area is 164 Å². The van der Waals surface area contributed by atoms with E-state index in [2.05, 4.69) is 53.3 Å².